The highest BCUT2D eigenvalue weighted by molar-refractivity contribution is 9.10. The minimum absolute atomic E-state index is 0.00971. The Balaban J connectivity index is 1.91. The molecule has 2 aliphatic rings. The van der Waals surface area contributed by atoms with E-state index in [4.69, 9.17) is 11.6 Å². The molecule has 0 radical (unpaired) electrons. The van der Waals surface area contributed by atoms with E-state index in [0.717, 1.165) is 19.3 Å². The van der Waals surface area contributed by atoms with Gasteiger partial charge in [-0.15, -0.1) is 0 Å². The van der Waals surface area contributed by atoms with Crippen LogP contribution >= 0.6 is 27.5 Å². The van der Waals surface area contributed by atoms with Crippen molar-refractivity contribution in [1.82, 2.24) is 0 Å². The average Bonchev–Trinajstić information content (AvgIpc) is 2.95. The molecule has 3 rings (SSSR count). The monoisotopic (exact) mass is 330 g/mol. The van der Waals surface area contributed by atoms with Gasteiger partial charge < -0.3 is 0 Å². The zero-order chi connectivity index (χ0) is 12.9. The average molecular weight is 332 g/mol. The van der Waals surface area contributed by atoms with E-state index in [0.29, 0.717) is 21.3 Å². The summed E-state index contributed by atoms with van der Waals surface area (Å²) in [7, 11) is 0. The molecule has 96 valence electrons. The second kappa shape index (κ2) is 4.61. The first-order chi connectivity index (χ1) is 8.56. The summed E-state index contributed by atoms with van der Waals surface area (Å²) in [5, 5.41) is 0.392. The Morgan fingerprint density at radius 3 is 2.72 bits per heavy atom. The number of carbonyl (C=O) groups is 1. The molecule has 0 aliphatic heterocycles. The third-order valence-corrected chi connectivity index (χ3v) is 5.55. The van der Waals surface area contributed by atoms with E-state index in [-0.39, 0.29) is 17.3 Å². The number of carbonyl (C=O) groups excluding carboxylic acids is 1. The maximum absolute atomic E-state index is 13.9. The van der Waals surface area contributed by atoms with Crippen LogP contribution < -0.4 is 0 Å². The predicted octanol–water partition coefficient (Wildman–Crippen LogP) is 4.86. The van der Waals surface area contributed by atoms with Gasteiger partial charge in [-0.2, -0.15) is 0 Å². The van der Waals surface area contributed by atoms with Crippen LogP contribution in [0.25, 0.3) is 0 Å². The Morgan fingerprint density at radius 1 is 1.33 bits per heavy atom. The lowest BCUT2D eigenvalue weighted by Gasteiger charge is -2.20. The Hall–Kier alpha value is -0.410. The lowest BCUT2D eigenvalue weighted by Crippen LogP contribution is -2.22. The Labute approximate surface area is 119 Å². The molecule has 0 heterocycles. The van der Waals surface area contributed by atoms with E-state index in [1.165, 1.54) is 18.6 Å². The summed E-state index contributed by atoms with van der Waals surface area (Å²) < 4.78 is 14.4. The van der Waals surface area contributed by atoms with E-state index >= 15 is 0 Å². The largest absolute Gasteiger partial charge is 0.294 e. The highest BCUT2D eigenvalue weighted by Gasteiger charge is 2.43. The summed E-state index contributed by atoms with van der Waals surface area (Å²) in [6.45, 7) is 0. The van der Waals surface area contributed by atoms with Gasteiger partial charge in [-0.05, 0) is 59.2 Å². The molecule has 2 aliphatic carbocycles. The van der Waals surface area contributed by atoms with E-state index in [2.05, 4.69) is 15.9 Å². The quantitative estimate of drug-likeness (QED) is 0.558. The minimum Gasteiger partial charge on any atom is -0.294 e. The van der Waals surface area contributed by atoms with Crippen LogP contribution in [0.5, 0.6) is 0 Å². The summed E-state index contributed by atoms with van der Waals surface area (Å²) >= 11 is 9.11. The first-order valence-corrected chi connectivity index (χ1v) is 7.42. The second-order valence-corrected chi connectivity index (χ2v) is 6.65. The Bertz CT molecular complexity index is 517. The van der Waals surface area contributed by atoms with Gasteiger partial charge in [0.05, 0.1) is 10.6 Å². The second-order valence-electron chi connectivity index (χ2n) is 5.39. The molecule has 1 aromatic rings. The van der Waals surface area contributed by atoms with Crippen LogP contribution in [0, 0.1) is 23.6 Å². The van der Waals surface area contributed by atoms with E-state index in [9.17, 15) is 9.18 Å². The molecule has 0 aromatic heterocycles. The van der Waals surface area contributed by atoms with Gasteiger partial charge in [0.2, 0.25) is 0 Å². The summed E-state index contributed by atoms with van der Waals surface area (Å²) in [5.41, 5.74) is 0.153. The highest BCUT2D eigenvalue weighted by Crippen LogP contribution is 2.49. The zero-order valence-corrected chi connectivity index (χ0v) is 12.1. The molecule has 0 amide bonds. The van der Waals surface area contributed by atoms with E-state index < -0.39 is 5.82 Å². The minimum atomic E-state index is -0.473. The number of fused-ring (bicyclic) bond motifs is 2. The molecule has 2 fully saturated rings. The SMILES string of the molecule is O=C(c1cc(Cl)c(Br)cc1F)C1CC2CCC1C2. The molecule has 3 atom stereocenters. The van der Waals surface area contributed by atoms with Crippen LogP contribution in [0.1, 0.15) is 36.0 Å². The summed E-state index contributed by atoms with van der Waals surface area (Å²) in [5.74, 6) is 0.617. The standard InChI is InChI=1S/C14H13BrClFO/c15-11-6-13(17)10(5-12(11)16)14(18)9-4-7-1-2-8(9)3-7/h5-9H,1-4H2. The number of halogens is 3. The summed E-state index contributed by atoms with van der Waals surface area (Å²) in [6.07, 6.45) is 4.42. The fourth-order valence-corrected chi connectivity index (χ4v) is 3.96. The molecular weight excluding hydrogens is 319 g/mol. The van der Waals surface area contributed by atoms with Gasteiger partial charge in [0.1, 0.15) is 5.82 Å². The molecule has 18 heavy (non-hydrogen) atoms. The zero-order valence-electron chi connectivity index (χ0n) is 9.76. The van der Waals surface area contributed by atoms with Crippen molar-refractivity contribution in [3.8, 4) is 0 Å². The van der Waals surface area contributed by atoms with Gasteiger partial charge in [0.25, 0.3) is 0 Å². The third-order valence-electron chi connectivity index (χ3n) is 4.35. The van der Waals surface area contributed by atoms with Crippen molar-refractivity contribution >= 4 is 33.3 Å². The molecule has 2 bridgehead atoms. The molecular formula is C14H13BrClFO. The van der Waals surface area contributed by atoms with Gasteiger partial charge in [-0.25, -0.2) is 4.39 Å². The first-order valence-electron chi connectivity index (χ1n) is 6.25. The van der Waals surface area contributed by atoms with Gasteiger partial charge >= 0.3 is 0 Å². The normalized spacial score (nSPS) is 29.8. The summed E-state index contributed by atoms with van der Waals surface area (Å²) in [6, 6.07) is 2.73. The van der Waals surface area contributed by atoms with E-state index in [1.54, 1.807) is 0 Å². The maximum Gasteiger partial charge on any atom is 0.169 e. The molecule has 1 aromatic carbocycles. The molecule has 0 saturated heterocycles. The van der Waals surface area contributed by atoms with Crippen molar-refractivity contribution in [2.75, 3.05) is 0 Å². The van der Waals surface area contributed by atoms with Crippen LogP contribution in [0.3, 0.4) is 0 Å². The fraction of sp³-hybridized carbons (Fsp3) is 0.500. The first kappa shape index (κ1) is 12.6. The Morgan fingerprint density at radius 2 is 2.11 bits per heavy atom. The molecule has 0 spiro atoms. The van der Waals surface area contributed by atoms with Crippen molar-refractivity contribution in [3.05, 3.63) is 33.0 Å². The number of hydrogen-bond acceptors (Lipinski definition) is 1. The highest BCUT2D eigenvalue weighted by atomic mass is 79.9. The molecule has 2 saturated carbocycles. The number of benzene rings is 1. The Kier molecular flexibility index (Phi) is 3.23. The number of hydrogen-bond donors (Lipinski definition) is 0. The molecule has 1 nitrogen and oxygen atoms in total. The van der Waals surface area contributed by atoms with Crippen molar-refractivity contribution in [2.24, 2.45) is 17.8 Å². The number of rotatable bonds is 2. The summed E-state index contributed by atoms with van der Waals surface area (Å²) in [4.78, 5) is 12.4. The van der Waals surface area contributed by atoms with Crippen LogP contribution in [-0.2, 0) is 0 Å². The van der Waals surface area contributed by atoms with Gasteiger partial charge in [-0.3, -0.25) is 4.79 Å². The van der Waals surface area contributed by atoms with E-state index in [1.807, 2.05) is 0 Å². The van der Waals surface area contributed by atoms with Gasteiger partial charge in [-0.1, -0.05) is 18.0 Å². The fourth-order valence-electron chi connectivity index (χ4n) is 3.48. The van der Waals surface area contributed by atoms with Gasteiger partial charge in [0, 0.05) is 10.4 Å². The van der Waals surface area contributed by atoms with Gasteiger partial charge in [0.15, 0.2) is 5.78 Å². The molecule has 0 N–H and O–H groups in total. The lowest BCUT2D eigenvalue weighted by atomic mass is 9.83. The smallest absolute Gasteiger partial charge is 0.169 e. The van der Waals surface area contributed by atoms with Crippen molar-refractivity contribution in [3.63, 3.8) is 0 Å². The number of ketones is 1. The van der Waals surface area contributed by atoms with Crippen LogP contribution in [0.15, 0.2) is 16.6 Å². The van der Waals surface area contributed by atoms with Crippen LogP contribution in [-0.4, -0.2) is 5.78 Å². The van der Waals surface area contributed by atoms with Crippen molar-refractivity contribution < 1.29 is 9.18 Å². The molecule has 4 heteroatoms. The molecule has 3 unspecified atom stereocenters. The van der Waals surface area contributed by atoms with Crippen molar-refractivity contribution in [2.45, 2.75) is 25.7 Å². The maximum atomic E-state index is 13.9. The van der Waals surface area contributed by atoms with Crippen LogP contribution in [0.4, 0.5) is 4.39 Å². The lowest BCUT2D eigenvalue weighted by molar-refractivity contribution is 0.0870. The van der Waals surface area contributed by atoms with Crippen LogP contribution in [0.2, 0.25) is 5.02 Å². The van der Waals surface area contributed by atoms with Crippen molar-refractivity contribution in [1.29, 1.82) is 0 Å². The predicted molar refractivity (Wildman–Crippen MR) is 72.4 cm³/mol. The topological polar surface area (TPSA) is 17.1 Å². The number of Topliss-reactive ketones (excluding diaryl/α,β-unsaturated/α-hetero) is 1. The third kappa shape index (κ3) is 2.01.